The first kappa shape index (κ1) is 9.68. The molecule has 14 heavy (non-hydrogen) atoms. The highest BCUT2D eigenvalue weighted by Gasteiger charge is 2.09. The molecule has 0 aliphatic carbocycles. The maximum absolute atomic E-state index is 10.8. The van der Waals surface area contributed by atoms with Crippen LogP contribution in [0.25, 0.3) is 10.1 Å². The lowest BCUT2D eigenvalue weighted by Crippen LogP contribution is -1.89. The van der Waals surface area contributed by atoms with Gasteiger partial charge in [0.05, 0.1) is 4.70 Å². The van der Waals surface area contributed by atoms with Crippen molar-refractivity contribution in [3.63, 3.8) is 0 Å². The molecule has 72 valence electrons. The minimum Gasteiger partial charge on any atom is -0.398 e. The van der Waals surface area contributed by atoms with Crippen molar-refractivity contribution in [2.24, 2.45) is 0 Å². The van der Waals surface area contributed by atoms with Crippen LogP contribution in [0.5, 0.6) is 0 Å². The minimum absolute atomic E-state index is 0.713. The Bertz CT molecular complexity index is 492. The van der Waals surface area contributed by atoms with Gasteiger partial charge >= 0.3 is 0 Å². The summed E-state index contributed by atoms with van der Waals surface area (Å²) >= 11 is 4.98. The summed E-state index contributed by atoms with van der Waals surface area (Å²) in [4.78, 5) is 10.8. The molecule has 2 nitrogen and oxygen atoms in total. The summed E-state index contributed by atoms with van der Waals surface area (Å²) in [5.74, 6) is 0. The lowest BCUT2D eigenvalue weighted by atomic mass is 10.1. The summed E-state index contributed by atoms with van der Waals surface area (Å²) < 4.78 is 1.00. The summed E-state index contributed by atoms with van der Waals surface area (Å²) in [5.41, 5.74) is 8.40. The molecule has 0 aliphatic heterocycles. The number of nitrogens with two attached hydrogens (primary N) is 1. The molecule has 1 heterocycles. The summed E-state index contributed by atoms with van der Waals surface area (Å²) in [6, 6.07) is 3.55. The van der Waals surface area contributed by atoms with Crippen LogP contribution in [-0.4, -0.2) is 6.29 Å². The summed E-state index contributed by atoms with van der Waals surface area (Å²) in [6.07, 6.45) is 0.876. The SMILES string of the molecule is Nc1ccc(C=O)c2c(CBr)csc12. The second-order valence-electron chi connectivity index (χ2n) is 2.96. The van der Waals surface area contributed by atoms with E-state index < -0.39 is 0 Å². The Hall–Kier alpha value is -0.870. The van der Waals surface area contributed by atoms with Gasteiger partial charge in [0.1, 0.15) is 0 Å². The fraction of sp³-hybridized carbons (Fsp3) is 0.100. The quantitative estimate of drug-likeness (QED) is 0.517. The van der Waals surface area contributed by atoms with Crippen molar-refractivity contribution < 1.29 is 4.79 Å². The lowest BCUT2D eigenvalue weighted by Gasteiger charge is -2.00. The van der Waals surface area contributed by atoms with Crippen molar-refractivity contribution >= 4 is 49.3 Å². The molecule has 0 saturated carbocycles. The third-order valence-corrected chi connectivity index (χ3v) is 3.81. The molecular weight excluding hydrogens is 262 g/mol. The van der Waals surface area contributed by atoms with Crippen LogP contribution < -0.4 is 5.73 Å². The third-order valence-electron chi connectivity index (χ3n) is 2.13. The van der Waals surface area contributed by atoms with Crippen molar-refractivity contribution in [3.05, 3.63) is 28.6 Å². The van der Waals surface area contributed by atoms with Crippen LogP contribution in [0.2, 0.25) is 0 Å². The third kappa shape index (κ3) is 1.35. The number of hydrogen-bond acceptors (Lipinski definition) is 3. The molecule has 0 fully saturated rings. The van der Waals surface area contributed by atoms with Gasteiger partial charge in [0.15, 0.2) is 6.29 Å². The number of hydrogen-bond donors (Lipinski definition) is 1. The zero-order chi connectivity index (χ0) is 10.1. The molecule has 0 atom stereocenters. The zero-order valence-electron chi connectivity index (χ0n) is 7.29. The molecule has 0 spiro atoms. The van der Waals surface area contributed by atoms with Crippen LogP contribution in [0.4, 0.5) is 5.69 Å². The number of halogens is 1. The number of carbonyl (C=O) groups excluding carboxylic acids is 1. The predicted octanol–water partition coefficient (Wildman–Crippen LogP) is 3.19. The highest BCUT2D eigenvalue weighted by molar-refractivity contribution is 9.08. The monoisotopic (exact) mass is 269 g/mol. The van der Waals surface area contributed by atoms with E-state index in [9.17, 15) is 4.79 Å². The van der Waals surface area contributed by atoms with Crippen LogP contribution in [-0.2, 0) is 5.33 Å². The Balaban J connectivity index is 2.88. The second kappa shape index (κ2) is 3.71. The average molecular weight is 270 g/mol. The van der Waals surface area contributed by atoms with E-state index in [1.807, 2.05) is 5.38 Å². The van der Waals surface area contributed by atoms with Gasteiger partial charge in [-0.25, -0.2) is 0 Å². The van der Waals surface area contributed by atoms with E-state index in [4.69, 9.17) is 5.73 Å². The maximum Gasteiger partial charge on any atom is 0.150 e. The topological polar surface area (TPSA) is 43.1 Å². The van der Waals surface area contributed by atoms with Gasteiger partial charge in [-0.3, -0.25) is 4.79 Å². The van der Waals surface area contributed by atoms with Gasteiger partial charge in [-0.15, -0.1) is 11.3 Å². The van der Waals surface area contributed by atoms with Gasteiger partial charge < -0.3 is 5.73 Å². The molecule has 1 aromatic heterocycles. The van der Waals surface area contributed by atoms with Gasteiger partial charge in [-0.05, 0) is 23.1 Å². The van der Waals surface area contributed by atoms with E-state index in [1.54, 1.807) is 23.5 Å². The van der Waals surface area contributed by atoms with Crippen LogP contribution in [0, 0.1) is 0 Å². The second-order valence-corrected chi connectivity index (χ2v) is 4.40. The van der Waals surface area contributed by atoms with Crippen LogP contribution >= 0.6 is 27.3 Å². The molecule has 0 saturated heterocycles. The number of aldehydes is 1. The number of anilines is 1. The van der Waals surface area contributed by atoms with E-state index in [1.165, 1.54) is 0 Å². The van der Waals surface area contributed by atoms with Crippen LogP contribution in [0.15, 0.2) is 17.5 Å². The Morgan fingerprint density at radius 1 is 1.50 bits per heavy atom. The highest BCUT2D eigenvalue weighted by Crippen LogP contribution is 2.33. The van der Waals surface area contributed by atoms with E-state index in [0.717, 1.165) is 33.0 Å². The molecule has 0 aliphatic rings. The number of thiophene rings is 1. The van der Waals surface area contributed by atoms with E-state index in [-0.39, 0.29) is 0 Å². The van der Waals surface area contributed by atoms with Gasteiger partial charge in [-0.2, -0.15) is 0 Å². The van der Waals surface area contributed by atoms with E-state index >= 15 is 0 Å². The summed E-state index contributed by atoms with van der Waals surface area (Å²) in [7, 11) is 0. The first-order valence-corrected chi connectivity index (χ1v) is 6.07. The van der Waals surface area contributed by atoms with Crippen molar-refractivity contribution in [1.29, 1.82) is 0 Å². The van der Waals surface area contributed by atoms with Crippen molar-refractivity contribution in [3.8, 4) is 0 Å². The van der Waals surface area contributed by atoms with Gasteiger partial charge in [0.25, 0.3) is 0 Å². The number of nitrogen functional groups attached to an aromatic ring is 1. The summed E-state index contributed by atoms with van der Waals surface area (Å²) in [5, 5.41) is 3.77. The molecule has 0 bridgehead atoms. The molecule has 0 radical (unpaired) electrons. The molecule has 2 aromatic rings. The number of benzene rings is 1. The van der Waals surface area contributed by atoms with Gasteiger partial charge in [0.2, 0.25) is 0 Å². The number of fused-ring (bicyclic) bond motifs is 1. The fourth-order valence-corrected chi connectivity index (χ4v) is 3.15. The predicted molar refractivity (Wildman–Crippen MR) is 64.3 cm³/mol. The largest absolute Gasteiger partial charge is 0.398 e. The minimum atomic E-state index is 0.713. The Morgan fingerprint density at radius 2 is 2.29 bits per heavy atom. The van der Waals surface area contributed by atoms with Crippen LogP contribution in [0.1, 0.15) is 15.9 Å². The molecule has 0 amide bonds. The molecule has 0 unspecified atom stereocenters. The normalized spacial score (nSPS) is 10.6. The summed E-state index contributed by atoms with van der Waals surface area (Å²) in [6.45, 7) is 0. The first-order chi connectivity index (χ1) is 6.77. The zero-order valence-corrected chi connectivity index (χ0v) is 9.69. The first-order valence-electron chi connectivity index (χ1n) is 4.07. The molecule has 2 rings (SSSR count). The average Bonchev–Trinajstić information content (AvgIpc) is 2.63. The van der Waals surface area contributed by atoms with Gasteiger partial charge in [-0.1, -0.05) is 15.9 Å². The molecule has 2 N–H and O–H groups in total. The smallest absolute Gasteiger partial charge is 0.150 e. The Labute approximate surface area is 93.9 Å². The van der Waals surface area contributed by atoms with Crippen molar-refractivity contribution in [2.45, 2.75) is 5.33 Å². The standard InChI is InChI=1S/C10H8BrNOS/c11-3-7-5-14-10-8(12)2-1-6(4-13)9(7)10/h1-2,4-5H,3,12H2. The highest BCUT2D eigenvalue weighted by atomic mass is 79.9. The number of rotatable bonds is 2. The Morgan fingerprint density at radius 3 is 2.93 bits per heavy atom. The molecule has 4 heteroatoms. The Kier molecular flexibility index (Phi) is 2.56. The maximum atomic E-state index is 10.8. The van der Waals surface area contributed by atoms with Crippen LogP contribution in [0.3, 0.4) is 0 Å². The fourth-order valence-electron chi connectivity index (χ4n) is 1.46. The van der Waals surface area contributed by atoms with E-state index in [2.05, 4.69) is 15.9 Å². The van der Waals surface area contributed by atoms with Crippen molar-refractivity contribution in [2.75, 3.05) is 5.73 Å². The van der Waals surface area contributed by atoms with Crippen molar-refractivity contribution in [1.82, 2.24) is 0 Å². The lowest BCUT2D eigenvalue weighted by molar-refractivity contribution is 0.112. The molecule has 1 aromatic carbocycles. The number of carbonyl (C=O) groups is 1. The van der Waals surface area contributed by atoms with E-state index in [0.29, 0.717) is 5.56 Å². The number of alkyl halides is 1. The van der Waals surface area contributed by atoms with Gasteiger partial charge in [0, 0.05) is 22.0 Å². The molecular formula is C10H8BrNOS.